The number of fused-ring (bicyclic) bond motifs is 1. The monoisotopic (exact) mass is 628 g/mol. The van der Waals surface area contributed by atoms with Gasteiger partial charge in [-0.25, -0.2) is 0 Å². The van der Waals surface area contributed by atoms with Gasteiger partial charge in [-0.05, 0) is 57.8 Å². The van der Waals surface area contributed by atoms with Crippen molar-refractivity contribution < 1.29 is 19.7 Å². The lowest BCUT2D eigenvalue weighted by Crippen LogP contribution is -2.58. The van der Waals surface area contributed by atoms with Crippen LogP contribution in [0.2, 0.25) is 0 Å². The molecule has 4 heterocycles. The fourth-order valence-electron chi connectivity index (χ4n) is 6.45. The van der Waals surface area contributed by atoms with Gasteiger partial charge >= 0.3 is 4.87 Å². The number of carbonyl (C=O) groups is 1. The molecule has 1 spiro atoms. The van der Waals surface area contributed by atoms with Crippen LogP contribution in [0.15, 0.2) is 29.2 Å². The van der Waals surface area contributed by atoms with Crippen molar-refractivity contribution in [2.75, 3.05) is 52.4 Å². The second-order valence-electron chi connectivity index (χ2n) is 12.4. The molecule has 2 saturated heterocycles. The number of aromatic amines is 1. The Morgan fingerprint density at radius 3 is 2.61 bits per heavy atom. The number of H-pyrrole nitrogens is 1. The van der Waals surface area contributed by atoms with E-state index in [4.69, 9.17) is 4.74 Å². The second-order valence-corrected chi connectivity index (χ2v) is 13.4. The van der Waals surface area contributed by atoms with Gasteiger partial charge < -0.3 is 35.1 Å². The zero-order chi connectivity index (χ0) is 30.9. The predicted octanol–water partition coefficient (Wildman–Crippen LogP) is 3.55. The number of nitrogens with one attached hydrogen (secondary N) is 2. The van der Waals surface area contributed by atoms with E-state index in [0.29, 0.717) is 48.6 Å². The minimum absolute atomic E-state index is 0.0245. The number of hydrogen-bond donors (Lipinski definition) is 4. The van der Waals surface area contributed by atoms with Crippen molar-refractivity contribution in [3.05, 3.63) is 45.3 Å². The first-order valence-corrected chi connectivity index (χ1v) is 17.0. The van der Waals surface area contributed by atoms with Crippen molar-refractivity contribution in [3.8, 4) is 5.75 Å². The molecule has 3 aromatic rings. The Morgan fingerprint density at radius 2 is 1.86 bits per heavy atom. The van der Waals surface area contributed by atoms with Crippen LogP contribution in [0.25, 0.3) is 10.2 Å². The molecule has 2 aliphatic rings. The fourth-order valence-corrected chi connectivity index (χ4v) is 7.37. The average molecular weight is 629 g/mol. The van der Waals surface area contributed by atoms with Crippen LogP contribution in [0, 0.1) is 6.92 Å². The Balaban J connectivity index is 0.878. The summed E-state index contributed by atoms with van der Waals surface area (Å²) in [6.45, 7) is 8.66. The maximum absolute atomic E-state index is 12.9. The van der Waals surface area contributed by atoms with Gasteiger partial charge in [0.25, 0.3) is 0 Å². The van der Waals surface area contributed by atoms with Gasteiger partial charge in [-0.2, -0.15) is 5.10 Å². The Labute approximate surface area is 263 Å². The van der Waals surface area contributed by atoms with E-state index in [1.165, 1.54) is 44.6 Å². The van der Waals surface area contributed by atoms with Crippen LogP contribution in [-0.4, -0.2) is 98.7 Å². The van der Waals surface area contributed by atoms with Gasteiger partial charge in [0.15, 0.2) is 0 Å². The van der Waals surface area contributed by atoms with Gasteiger partial charge in [0.05, 0.1) is 28.7 Å². The summed E-state index contributed by atoms with van der Waals surface area (Å²) >= 11 is 1.01. The van der Waals surface area contributed by atoms with Crippen molar-refractivity contribution in [2.24, 2.45) is 0 Å². The highest BCUT2D eigenvalue weighted by Crippen LogP contribution is 2.32. The number of benzene rings is 1. The number of phenols is 1. The number of aliphatic hydroxyl groups excluding tert-OH is 1. The van der Waals surface area contributed by atoms with Crippen molar-refractivity contribution in [3.63, 3.8) is 0 Å². The molecule has 2 fully saturated rings. The standard InChI is InChI=1S/C32H48N6O5S/c1-24-11-16-38(35-24)22-28(41)37-19-20-43-32(23-37)12-17-36(18-13-32)15-8-6-4-2-3-5-7-14-33-21-27(40)25-9-10-26(39)29-30(25)44-31(42)34-29/h9-11,16,27,33,39-40H,2-8,12-15,17-23H2,1H3,(H,34,42). The van der Waals surface area contributed by atoms with Gasteiger partial charge in [-0.15, -0.1) is 0 Å². The second kappa shape index (κ2) is 15.5. The molecule has 1 aromatic carbocycles. The van der Waals surface area contributed by atoms with Crippen LogP contribution < -0.4 is 10.2 Å². The Hall–Kier alpha value is -2.77. The molecule has 12 heteroatoms. The molecule has 0 saturated carbocycles. The van der Waals surface area contributed by atoms with Crippen LogP contribution in [0.5, 0.6) is 5.75 Å². The Kier molecular flexibility index (Phi) is 11.5. The highest BCUT2D eigenvalue weighted by Gasteiger charge is 2.40. The number of aliphatic hydroxyl groups is 1. The summed E-state index contributed by atoms with van der Waals surface area (Å²) in [5, 5.41) is 28.2. The quantitative estimate of drug-likeness (QED) is 0.188. The number of hydrogen-bond acceptors (Lipinski definition) is 9. The summed E-state index contributed by atoms with van der Waals surface area (Å²) in [6, 6.07) is 5.13. The number of morpholine rings is 1. The normalized spacial score (nSPS) is 17.9. The fraction of sp³-hybridized carbons (Fsp3) is 0.656. The highest BCUT2D eigenvalue weighted by atomic mass is 32.1. The smallest absolute Gasteiger partial charge is 0.305 e. The van der Waals surface area contributed by atoms with Gasteiger partial charge in [-0.1, -0.05) is 49.5 Å². The van der Waals surface area contributed by atoms with E-state index in [1.807, 2.05) is 24.1 Å². The molecule has 0 aliphatic carbocycles. The SMILES string of the molecule is Cc1ccn(CC(=O)N2CCOC3(CCN(CCCCCCCCCNCC(O)c4ccc(O)c5[nH]c(=O)sc45)CC3)C2)n1. The maximum atomic E-state index is 12.9. The number of nitrogens with zero attached hydrogens (tertiary/aromatic N) is 4. The van der Waals surface area contributed by atoms with Gasteiger partial charge in [0.1, 0.15) is 17.8 Å². The van der Waals surface area contributed by atoms with Crippen LogP contribution in [0.1, 0.15) is 75.1 Å². The third-order valence-corrected chi connectivity index (χ3v) is 9.98. The minimum atomic E-state index is -0.730. The minimum Gasteiger partial charge on any atom is -0.506 e. The molecule has 44 heavy (non-hydrogen) atoms. The number of ether oxygens (including phenoxy) is 1. The van der Waals surface area contributed by atoms with Crippen molar-refractivity contribution in [1.82, 2.24) is 29.9 Å². The first-order valence-electron chi connectivity index (χ1n) is 16.2. The number of aryl methyl sites for hydroxylation is 1. The molecule has 4 N–H and O–H groups in total. The molecule has 0 radical (unpaired) electrons. The maximum Gasteiger partial charge on any atom is 0.305 e. The molecule has 1 atom stereocenters. The topological polar surface area (TPSA) is 136 Å². The molecular weight excluding hydrogens is 580 g/mol. The number of amides is 1. The zero-order valence-electron chi connectivity index (χ0n) is 25.9. The van der Waals surface area contributed by atoms with Crippen LogP contribution >= 0.6 is 11.3 Å². The number of carbonyl (C=O) groups excluding carboxylic acids is 1. The van der Waals surface area contributed by atoms with Gasteiger partial charge in [0.2, 0.25) is 5.91 Å². The molecule has 11 nitrogen and oxygen atoms in total. The van der Waals surface area contributed by atoms with Crippen molar-refractivity contribution in [1.29, 1.82) is 0 Å². The lowest BCUT2D eigenvalue weighted by molar-refractivity contribution is -0.160. The molecule has 242 valence electrons. The largest absolute Gasteiger partial charge is 0.506 e. The predicted molar refractivity (Wildman–Crippen MR) is 172 cm³/mol. The summed E-state index contributed by atoms with van der Waals surface area (Å²) in [5.41, 5.74) is 1.79. The Morgan fingerprint density at radius 1 is 1.11 bits per heavy atom. The van der Waals surface area contributed by atoms with E-state index in [1.54, 1.807) is 10.7 Å². The number of rotatable bonds is 15. The summed E-state index contributed by atoms with van der Waals surface area (Å²) in [4.78, 5) is 31.5. The molecule has 5 rings (SSSR count). The lowest BCUT2D eigenvalue weighted by atomic mass is 9.89. The number of unbranched alkanes of at least 4 members (excludes halogenated alkanes) is 6. The number of thiazole rings is 1. The summed E-state index contributed by atoms with van der Waals surface area (Å²) < 4.78 is 8.61. The molecule has 2 aromatic heterocycles. The number of phenolic OH excluding ortho intramolecular Hbond substituents is 1. The van der Waals surface area contributed by atoms with Gasteiger partial charge in [-0.3, -0.25) is 14.3 Å². The average Bonchev–Trinajstić information content (AvgIpc) is 3.61. The molecule has 1 amide bonds. The molecular formula is C32H48N6O5S. The van der Waals surface area contributed by atoms with Crippen LogP contribution in [-0.2, 0) is 16.1 Å². The van der Waals surface area contributed by atoms with Crippen molar-refractivity contribution in [2.45, 2.75) is 83.0 Å². The zero-order valence-corrected chi connectivity index (χ0v) is 26.7. The van der Waals surface area contributed by atoms with Crippen molar-refractivity contribution >= 4 is 27.5 Å². The molecule has 0 bridgehead atoms. The molecule has 1 unspecified atom stereocenters. The molecule has 2 aliphatic heterocycles. The van der Waals surface area contributed by atoms with Crippen LogP contribution in [0.3, 0.4) is 0 Å². The number of piperidine rings is 1. The van der Waals surface area contributed by atoms with Crippen LogP contribution in [0.4, 0.5) is 0 Å². The first-order chi connectivity index (χ1) is 21.3. The van der Waals surface area contributed by atoms with E-state index in [0.717, 1.165) is 62.5 Å². The Bertz CT molecular complexity index is 1410. The lowest BCUT2D eigenvalue weighted by Gasteiger charge is -2.47. The van der Waals surface area contributed by atoms with E-state index >= 15 is 0 Å². The summed E-state index contributed by atoms with van der Waals surface area (Å²) in [5.74, 6) is 0.148. The van der Waals surface area contributed by atoms with E-state index in [2.05, 4.69) is 20.3 Å². The highest BCUT2D eigenvalue weighted by molar-refractivity contribution is 7.16. The summed E-state index contributed by atoms with van der Waals surface area (Å²) in [6.07, 6.45) is 11.5. The van der Waals surface area contributed by atoms with E-state index < -0.39 is 6.10 Å². The first kappa shape index (κ1) is 32.6. The van der Waals surface area contributed by atoms with E-state index in [9.17, 15) is 19.8 Å². The number of likely N-dealkylation sites (tertiary alicyclic amines) is 1. The third kappa shape index (κ3) is 8.69. The summed E-state index contributed by atoms with van der Waals surface area (Å²) in [7, 11) is 0. The van der Waals surface area contributed by atoms with Gasteiger partial charge in [0, 0.05) is 44.5 Å². The van der Waals surface area contributed by atoms with E-state index in [-0.39, 0.29) is 22.1 Å². The third-order valence-electron chi connectivity index (χ3n) is 9.05. The number of aromatic hydroxyl groups is 1. The number of aromatic nitrogens is 3.